The monoisotopic (exact) mass is 480 g/mol. The van der Waals surface area contributed by atoms with Crippen LogP contribution in [0.4, 0.5) is 5.69 Å². The zero-order valence-electron chi connectivity index (χ0n) is 18.5. The number of anilines is 1. The summed E-state index contributed by atoms with van der Waals surface area (Å²) in [5, 5.41) is 3.68. The van der Waals surface area contributed by atoms with Crippen LogP contribution in [0.2, 0.25) is 0 Å². The van der Waals surface area contributed by atoms with E-state index in [9.17, 15) is 9.59 Å². The maximum atomic E-state index is 12.7. The minimum atomic E-state index is -0.119. The highest BCUT2D eigenvalue weighted by molar-refractivity contribution is 7.99. The summed E-state index contributed by atoms with van der Waals surface area (Å²) in [5.74, 6) is 2.53. The summed E-state index contributed by atoms with van der Waals surface area (Å²) in [6, 6.07) is 7.44. The van der Waals surface area contributed by atoms with Gasteiger partial charge in [-0.15, -0.1) is 23.1 Å². The van der Waals surface area contributed by atoms with E-state index in [1.165, 1.54) is 28.6 Å². The lowest BCUT2D eigenvalue weighted by Gasteiger charge is -2.09. The normalized spacial score (nSPS) is 13.3. The Hall–Kier alpha value is -2.91. The van der Waals surface area contributed by atoms with E-state index in [4.69, 9.17) is 4.42 Å². The number of aryl methyl sites for hydroxylation is 4. The van der Waals surface area contributed by atoms with Crippen LogP contribution in [0.15, 0.2) is 33.5 Å². The first-order chi connectivity index (χ1) is 16.0. The number of amides is 1. The van der Waals surface area contributed by atoms with Gasteiger partial charge in [-0.05, 0) is 63.3 Å². The van der Waals surface area contributed by atoms with Gasteiger partial charge in [-0.3, -0.25) is 9.59 Å². The molecule has 9 heteroatoms. The zero-order chi connectivity index (χ0) is 22.9. The number of carbonyl (C=O) groups is 1. The van der Waals surface area contributed by atoms with Crippen molar-refractivity contribution in [1.82, 2.24) is 15.0 Å². The average molecular weight is 481 g/mol. The molecule has 0 radical (unpaired) electrons. The number of nitrogens with one attached hydrogen (secondary N) is 2. The highest BCUT2D eigenvalue weighted by Crippen LogP contribution is 2.33. The van der Waals surface area contributed by atoms with Gasteiger partial charge in [-0.2, -0.15) is 0 Å². The Balaban J connectivity index is 1.21. The molecule has 33 heavy (non-hydrogen) atoms. The van der Waals surface area contributed by atoms with E-state index in [-0.39, 0.29) is 17.2 Å². The molecular weight excluding hydrogens is 456 g/mol. The maximum absolute atomic E-state index is 12.7. The Bertz CT molecular complexity index is 1380. The molecule has 0 saturated heterocycles. The molecule has 0 bridgehead atoms. The SMILES string of the molecule is Cc1nc(-c2cccc(NC(=O)CSCc3nc4sc5c(c4c(=O)[nH]3)CCCC5)c2)oc1C. The number of rotatable bonds is 6. The summed E-state index contributed by atoms with van der Waals surface area (Å²) in [6.45, 7) is 3.78. The van der Waals surface area contributed by atoms with Gasteiger partial charge >= 0.3 is 0 Å². The number of carbonyl (C=O) groups excluding carboxylic acids is 1. The Morgan fingerprint density at radius 1 is 1.24 bits per heavy atom. The summed E-state index contributed by atoms with van der Waals surface area (Å²) < 4.78 is 5.68. The van der Waals surface area contributed by atoms with Gasteiger partial charge in [0.25, 0.3) is 5.56 Å². The van der Waals surface area contributed by atoms with Crippen molar-refractivity contribution in [3.05, 3.63) is 62.3 Å². The molecule has 2 N–H and O–H groups in total. The first kappa shape index (κ1) is 21.9. The summed E-state index contributed by atoms with van der Waals surface area (Å²) in [5.41, 5.74) is 3.47. The Morgan fingerprint density at radius 2 is 2.09 bits per heavy atom. The van der Waals surface area contributed by atoms with Crippen LogP contribution in [0, 0.1) is 13.8 Å². The van der Waals surface area contributed by atoms with E-state index in [1.807, 2.05) is 38.1 Å². The number of benzene rings is 1. The van der Waals surface area contributed by atoms with Crippen molar-refractivity contribution in [2.45, 2.75) is 45.3 Å². The first-order valence-corrected chi connectivity index (χ1v) is 12.9. The molecule has 3 heterocycles. The summed E-state index contributed by atoms with van der Waals surface area (Å²) in [7, 11) is 0. The second-order valence-electron chi connectivity index (χ2n) is 8.19. The third-order valence-electron chi connectivity index (χ3n) is 5.77. The van der Waals surface area contributed by atoms with Gasteiger partial charge in [0.2, 0.25) is 11.8 Å². The van der Waals surface area contributed by atoms with Gasteiger partial charge in [0.15, 0.2) is 0 Å². The van der Waals surface area contributed by atoms with Crippen molar-refractivity contribution >= 4 is 44.9 Å². The van der Waals surface area contributed by atoms with Crippen LogP contribution in [-0.2, 0) is 23.4 Å². The second-order valence-corrected chi connectivity index (χ2v) is 10.3. The van der Waals surface area contributed by atoms with Crippen LogP contribution in [0.25, 0.3) is 21.7 Å². The number of hydrogen-bond acceptors (Lipinski definition) is 7. The predicted octanol–water partition coefficient (Wildman–Crippen LogP) is 5.01. The molecular formula is C24H24N4O3S2. The number of aromatic nitrogens is 3. The fourth-order valence-corrected chi connectivity index (χ4v) is 6.01. The van der Waals surface area contributed by atoms with Gasteiger partial charge in [-0.1, -0.05) is 6.07 Å². The lowest BCUT2D eigenvalue weighted by molar-refractivity contribution is -0.113. The molecule has 1 aromatic carbocycles. The fourth-order valence-electron chi connectivity index (χ4n) is 4.04. The Morgan fingerprint density at radius 3 is 2.91 bits per heavy atom. The van der Waals surface area contributed by atoms with Crippen LogP contribution < -0.4 is 10.9 Å². The number of aromatic amines is 1. The van der Waals surface area contributed by atoms with Gasteiger partial charge in [-0.25, -0.2) is 9.97 Å². The molecule has 0 fully saturated rings. The van der Waals surface area contributed by atoms with E-state index in [0.717, 1.165) is 46.5 Å². The number of nitrogens with zero attached hydrogens (tertiary/aromatic N) is 2. The molecule has 1 aliphatic rings. The number of oxazole rings is 1. The molecule has 1 aliphatic carbocycles. The summed E-state index contributed by atoms with van der Waals surface area (Å²) in [4.78, 5) is 39.2. The van der Waals surface area contributed by atoms with Crippen molar-refractivity contribution in [1.29, 1.82) is 0 Å². The Labute approximate surface area is 199 Å². The molecule has 3 aromatic heterocycles. The van der Waals surface area contributed by atoms with Crippen molar-refractivity contribution < 1.29 is 9.21 Å². The molecule has 0 spiro atoms. The molecule has 0 aliphatic heterocycles. The van der Waals surface area contributed by atoms with Gasteiger partial charge in [0, 0.05) is 16.1 Å². The smallest absolute Gasteiger partial charge is 0.259 e. The van der Waals surface area contributed by atoms with Crippen LogP contribution in [0.3, 0.4) is 0 Å². The zero-order valence-corrected chi connectivity index (χ0v) is 20.1. The first-order valence-electron chi connectivity index (χ1n) is 10.9. The van der Waals surface area contributed by atoms with Crippen molar-refractivity contribution in [3.8, 4) is 11.5 Å². The lowest BCUT2D eigenvalue weighted by Crippen LogP contribution is -2.15. The van der Waals surface area contributed by atoms with Crippen molar-refractivity contribution in [2.24, 2.45) is 0 Å². The van der Waals surface area contributed by atoms with Crippen LogP contribution in [-0.4, -0.2) is 26.6 Å². The molecule has 0 unspecified atom stereocenters. The van der Waals surface area contributed by atoms with Gasteiger partial charge in [0.05, 0.1) is 22.6 Å². The fraction of sp³-hybridized carbons (Fsp3) is 0.333. The Kier molecular flexibility index (Phi) is 6.07. The topological polar surface area (TPSA) is 101 Å². The minimum Gasteiger partial charge on any atom is -0.441 e. The molecule has 0 atom stereocenters. The van der Waals surface area contributed by atoms with Gasteiger partial charge < -0.3 is 14.7 Å². The quantitative estimate of drug-likeness (QED) is 0.402. The number of thiophene rings is 1. The largest absolute Gasteiger partial charge is 0.441 e. The molecule has 1 amide bonds. The van der Waals surface area contributed by atoms with Gasteiger partial charge in [0.1, 0.15) is 16.4 Å². The van der Waals surface area contributed by atoms with Crippen molar-refractivity contribution in [2.75, 3.05) is 11.1 Å². The lowest BCUT2D eigenvalue weighted by atomic mass is 9.97. The minimum absolute atomic E-state index is 0.0618. The molecule has 7 nitrogen and oxygen atoms in total. The second kappa shape index (κ2) is 9.15. The maximum Gasteiger partial charge on any atom is 0.259 e. The molecule has 0 saturated carbocycles. The summed E-state index contributed by atoms with van der Waals surface area (Å²) >= 11 is 3.06. The highest BCUT2D eigenvalue weighted by Gasteiger charge is 2.19. The van der Waals surface area contributed by atoms with E-state index >= 15 is 0 Å². The van der Waals surface area contributed by atoms with Crippen molar-refractivity contribution in [3.63, 3.8) is 0 Å². The van der Waals surface area contributed by atoms with E-state index < -0.39 is 0 Å². The predicted molar refractivity (Wildman–Crippen MR) is 133 cm³/mol. The van der Waals surface area contributed by atoms with E-state index in [1.54, 1.807) is 11.3 Å². The van der Waals surface area contributed by atoms with Crippen LogP contribution in [0.5, 0.6) is 0 Å². The van der Waals surface area contributed by atoms with E-state index in [0.29, 0.717) is 23.2 Å². The average Bonchev–Trinajstić information content (AvgIpc) is 3.33. The van der Waals surface area contributed by atoms with E-state index in [2.05, 4.69) is 20.3 Å². The summed E-state index contributed by atoms with van der Waals surface area (Å²) in [6.07, 6.45) is 4.31. The number of H-pyrrole nitrogens is 1. The van der Waals surface area contributed by atoms with Crippen LogP contribution >= 0.6 is 23.1 Å². The number of hydrogen-bond donors (Lipinski definition) is 2. The third kappa shape index (κ3) is 4.60. The number of fused-ring (bicyclic) bond motifs is 3. The number of thioether (sulfide) groups is 1. The van der Waals surface area contributed by atoms with Crippen LogP contribution in [0.1, 0.15) is 40.6 Å². The highest BCUT2D eigenvalue weighted by atomic mass is 32.2. The third-order valence-corrected chi connectivity index (χ3v) is 7.90. The molecule has 5 rings (SSSR count). The standard InChI is InChI=1S/C24H24N4O3S2/c1-13-14(2)31-23(25-13)15-6-5-7-16(10-15)26-20(29)12-32-11-19-27-22(30)21-17-8-3-4-9-18(17)33-24(21)28-19/h5-7,10H,3-4,8-9,11-12H2,1-2H3,(H,26,29)(H,27,28,30). The molecule has 4 aromatic rings. The molecule has 170 valence electrons.